The fraction of sp³-hybridized carbons (Fsp3) is 0.278. The molecule has 0 bridgehead atoms. The van der Waals surface area contributed by atoms with E-state index in [-0.39, 0.29) is 17.1 Å². The van der Waals surface area contributed by atoms with Crippen molar-refractivity contribution < 1.29 is 9.90 Å². The number of hydrazine groups is 1. The molecule has 22 heavy (non-hydrogen) atoms. The lowest BCUT2D eigenvalue weighted by Crippen LogP contribution is -2.36. The highest BCUT2D eigenvalue weighted by Gasteiger charge is 2.12. The zero-order valence-corrected chi connectivity index (χ0v) is 13.2. The van der Waals surface area contributed by atoms with Crippen LogP contribution in [0.2, 0.25) is 0 Å². The summed E-state index contributed by atoms with van der Waals surface area (Å²) in [5, 5.41) is 9.20. The number of hydrogen-bond donors (Lipinski definition) is 3. The molecule has 0 aromatic heterocycles. The number of carbonyl (C=O) groups excluding carboxylic acids is 1. The summed E-state index contributed by atoms with van der Waals surface area (Å²) in [7, 11) is 0. The van der Waals surface area contributed by atoms with Crippen molar-refractivity contribution in [1.82, 2.24) is 10.9 Å². The average molecular weight is 298 g/mol. The molecule has 0 radical (unpaired) electrons. The summed E-state index contributed by atoms with van der Waals surface area (Å²) < 4.78 is 0. The standard InChI is InChI=1S/C18H22N2O2/c1-18(2,3)15-8-4-13(5-9-15)12-19-20-17(22)14-6-10-16(21)11-7-14/h4-11,19,21H,12H2,1-3H3,(H,20,22). The normalized spacial score (nSPS) is 11.2. The van der Waals surface area contributed by atoms with Gasteiger partial charge in [-0.1, -0.05) is 45.0 Å². The van der Waals surface area contributed by atoms with E-state index < -0.39 is 0 Å². The molecular weight excluding hydrogens is 276 g/mol. The fourth-order valence-electron chi connectivity index (χ4n) is 2.03. The number of nitrogens with one attached hydrogen (secondary N) is 2. The maximum absolute atomic E-state index is 11.9. The molecule has 0 aliphatic carbocycles. The second kappa shape index (κ2) is 6.62. The number of carbonyl (C=O) groups is 1. The summed E-state index contributed by atoms with van der Waals surface area (Å²) in [6, 6.07) is 14.5. The van der Waals surface area contributed by atoms with Crippen LogP contribution >= 0.6 is 0 Å². The summed E-state index contributed by atoms with van der Waals surface area (Å²) in [6.45, 7) is 7.09. The Bertz CT molecular complexity index is 626. The van der Waals surface area contributed by atoms with E-state index in [9.17, 15) is 9.90 Å². The van der Waals surface area contributed by atoms with Gasteiger partial charge >= 0.3 is 0 Å². The van der Waals surface area contributed by atoms with E-state index in [0.29, 0.717) is 12.1 Å². The van der Waals surface area contributed by atoms with E-state index in [4.69, 9.17) is 0 Å². The Morgan fingerprint density at radius 1 is 1.00 bits per heavy atom. The number of hydrogen-bond acceptors (Lipinski definition) is 3. The molecule has 0 heterocycles. The third-order valence-electron chi connectivity index (χ3n) is 3.44. The Kier molecular flexibility index (Phi) is 4.83. The van der Waals surface area contributed by atoms with E-state index in [0.717, 1.165) is 5.56 Å². The first-order valence-electron chi connectivity index (χ1n) is 7.28. The van der Waals surface area contributed by atoms with Crippen LogP contribution in [0.4, 0.5) is 0 Å². The SMILES string of the molecule is CC(C)(C)c1ccc(CNNC(=O)c2ccc(O)cc2)cc1. The molecule has 2 aromatic carbocycles. The van der Waals surface area contributed by atoms with Gasteiger partial charge < -0.3 is 5.11 Å². The van der Waals surface area contributed by atoms with Crippen molar-refractivity contribution >= 4 is 5.91 Å². The Labute approximate surface area is 131 Å². The lowest BCUT2D eigenvalue weighted by molar-refractivity contribution is 0.0932. The number of amides is 1. The maximum atomic E-state index is 11.9. The topological polar surface area (TPSA) is 61.4 Å². The van der Waals surface area contributed by atoms with Crippen LogP contribution in [0.1, 0.15) is 42.3 Å². The minimum atomic E-state index is -0.230. The molecule has 1 amide bonds. The minimum Gasteiger partial charge on any atom is -0.508 e. The van der Waals surface area contributed by atoms with E-state index in [1.807, 2.05) is 0 Å². The first kappa shape index (κ1) is 16.0. The quantitative estimate of drug-likeness (QED) is 0.760. The first-order valence-corrected chi connectivity index (χ1v) is 7.28. The van der Waals surface area contributed by atoms with Crippen LogP contribution in [0.25, 0.3) is 0 Å². The monoisotopic (exact) mass is 298 g/mol. The first-order chi connectivity index (χ1) is 10.4. The molecule has 116 valence electrons. The number of benzene rings is 2. The molecule has 0 atom stereocenters. The second-order valence-corrected chi connectivity index (χ2v) is 6.30. The summed E-state index contributed by atoms with van der Waals surface area (Å²) in [5.41, 5.74) is 8.56. The zero-order chi connectivity index (χ0) is 16.2. The highest BCUT2D eigenvalue weighted by atomic mass is 16.3. The molecule has 2 aromatic rings. The van der Waals surface area contributed by atoms with E-state index in [1.165, 1.54) is 17.7 Å². The number of phenols is 1. The predicted molar refractivity (Wildman–Crippen MR) is 87.6 cm³/mol. The van der Waals surface area contributed by atoms with Crippen LogP contribution in [-0.4, -0.2) is 11.0 Å². The van der Waals surface area contributed by atoms with Gasteiger partial charge in [0.15, 0.2) is 0 Å². The Hall–Kier alpha value is -2.33. The number of phenolic OH excluding ortho intramolecular Hbond substituents is 1. The highest BCUT2D eigenvalue weighted by molar-refractivity contribution is 5.93. The fourth-order valence-corrected chi connectivity index (χ4v) is 2.03. The van der Waals surface area contributed by atoms with Crippen molar-refractivity contribution in [3.8, 4) is 5.75 Å². The lowest BCUT2D eigenvalue weighted by atomic mass is 9.87. The van der Waals surface area contributed by atoms with Crippen LogP contribution in [-0.2, 0) is 12.0 Å². The molecule has 0 fully saturated rings. The van der Waals surface area contributed by atoms with Gasteiger partial charge in [0.1, 0.15) is 5.75 Å². The molecule has 3 N–H and O–H groups in total. The van der Waals surface area contributed by atoms with Gasteiger partial charge in [0, 0.05) is 12.1 Å². The van der Waals surface area contributed by atoms with Crippen molar-refractivity contribution in [3.05, 3.63) is 65.2 Å². The molecule has 4 heteroatoms. The third kappa shape index (κ3) is 4.33. The van der Waals surface area contributed by atoms with Crippen molar-refractivity contribution in [2.75, 3.05) is 0 Å². The Morgan fingerprint density at radius 2 is 1.59 bits per heavy atom. The second-order valence-electron chi connectivity index (χ2n) is 6.30. The van der Waals surface area contributed by atoms with Gasteiger partial charge in [-0.2, -0.15) is 0 Å². The molecule has 2 rings (SSSR count). The molecule has 4 nitrogen and oxygen atoms in total. The van der Waals surface area contributed by atoms with Crippen molar-refractivity contribution in [2.24, 2.45) is 0 Å². The van der Waals surface area contributed by atoms with Crippen LogP contribution in [0.5, 0.6) is 5.75 Å². The Morgan fingerprint density at radius 3 is 2.14 bits per heavy atom. The molecule has 0 aliphatic rings. The minimum absolute atomic E-state index is 0.138. The third-order valence-corrected chi connectivity index (χ3v) is 3.44. The highest BCUT2D eigenvalue weighted by Crippen LogP contribution is 2.22. The van der Waals surface area contributed by atoms with Gasteiger partial charge in [-0.3, -0.25) is 10.2 Å². The van der Waals surface area contributed by atoms with E-state index >= 15 is 0 Å². The van der Waals surface area contributed by atoms with Gasteiger partial charge in [0.2, 0.25) is 0 Å². The maximum Gasteiger partial charge on any atom is 0.265 e. The molecule has 0 unspecified atom stereocenters. The summed E-state index contributed by atoms with van der Waals surface area (Å²) >= 11 is 0. The largest absolute Gasteiger partial charge is 0.508 e. The predicted octanol–water partition coefficient (Wildman–Crippen LogP) is 3.12. The molecular formula is C18H22N2O2. The number of aromatic hydroxyl groups is 1. The number of rotatable bonds is 4. The van der Waals surface area contributed by atoms with Crippen LogP contribution in [0.3, 0.4) is 0 Å². The molecule has 0 saturated heterocycles. The van der Waals surface area contributed by atoms with Crippen molar-refractivity contribution in [1.29, 1.82) is 0 Å². The van der Waals surface area contributed by atoms with Gasteiger partial charge in [-0.25, -0.2) is 5.43 Å². The zero-order valence-electron chi connectivity index (χ0n) is 13.2. The van der Waals surface area contributed by atoms with Gasteiger partial charge in [0.25, 0.3) is 5.91 Å². The molecule has 0 spiro atoms. The summed E-state index contributed by atoms with van der Waals surface area (Å²) in [4.78, 5) is 11.9. The Balaban J connectivity index is 1.86. The smallest absolute Gasteiger partial charge is 0.265 e. The van der Waals surface area contributed by atoms with Crippen molar-refractivity contribution in [2.45, 2.75) is 32.7 Å². The summed E-state index contributed by atoms with van der Waals surface area (Å²) in [6.07, 6.45) is 0. The summed E-state index contributed by atoms with van der Waals surface area (Å²) in [5.74, 6) is -0.0882. The van der Waals surface area contributed by atoms with Crippen molar-refractivity contribution in [3.63, 3.8) is 0 Å². The lowest BCUT2D eigenvalue weighted by Gasteiger charge is -2.19. The van der Waals surface area contributed by atoms with Gasteiger partial charge in [-0.15, -0.1) is 0 Å². The molecule has 0 aliphatic heterocycles. The van der Waals surface area contributed by atoms with Gasteiger partial charge in [0.05, 0.1) is 0 Å². The van der Waals surface area contributed by atoms with Crippen LogP contribution in [0, 0.1) is 0 Å². The van der Waals surface area contributed by atoms with E-state index in [1.54, 1.807) is 12.1 Å². The van der Waals surface area contributed by atoms with Crippen LogP contribution < -0.4 is 10.9 Å². The van der Waals surface area contributed by atoms with Crippen LogP contribution in [0.15, 0.2) is 48.5 Å². The van der Waals surface area contributed by atoms with Gasteiger partial charge in [-0.05, 0) is 40.8 Å². The molecule has 0 saturated carbocycles. The van der Waals surface area contributed by atoms with E-state index in [2.05, 4.69) is 55.9 Å². The average Bonchev–Trinajstić information content (AvgIpc) is 2.47.